The van der Waals surface area contributed by atoms with Gasteiger partial charge in [-0.25, -0.2) is 0 Å². The Bertz CT molecular complexity index is 412. The zero-order valence-corrected chi connectivity index (χ0v) is 11.1. The maximum absolute atomic E-state index is 11.5. The Hall–Kier alpha value is -1.84. The van der Waals surface area contributed by atoms with Crippen molar-refractivity contribution in [1.29, 1.82) is 0 Å². The number of aryl methyl sites for hydroxylation is 1. The van der Waals surface area contributed by atoms with Crippen molar-refractivity contribution in [2.75, 3.05) is 0 Å². The predicted octanol–water partition coefficient (Wildman–Crippen LogP) is 1.53. The summed E-state index contributed by atoms with van der Waals surface area (Å²) in [5.41, 5.74) is 2.14. The molecule has 98 valence electrons. The van der Waals surface area contributed by atoms with E-state index in [1.54, 1.807) is 0 Å². The highest BCUT2D eigenvalue weighted by molar-refractivity contribution is 6.35. The monoisotopic (exact) mass is 248 g/mol. The molecule has 2 N–H and O–H groups in total. The second-order valence-electron chi connectivity index (χ2n) is 4.45. The smallest absolute Gasteiger partial charge is 0.309 e. The number of carbonyl (C=O) groups is 2. The van der Waals surface area contributed by atoms with E-state index in [0.29, 0.717) is 6.54 Å². The van der Waals surface area contributed by atoms with Crippen LogP contribution in [0, 0.1) is 6.92 Å². The van der Waals surface area contributed by atoms with Gasteiger partial charge in [-0.2, -0.15) is 0 Å². The number of amides is 2. The first-order chi connectivity index (χ1) is 8.52. The molecule has 18 heavy (non-hydrogen) atoms. The van der Waals surface area contributed by atoms with Gasteiger partial charge in [0.25, 0.3) is 0 Å². The van der Waals surface area contributed by atoms with Crippen molar-refractivity contribution in [2.45, 2.75) is 39.8 Å². The van der Waals surface area contributed by atoms with Gasteiger partial charge in [-0.15, -0.1) is 0 Å². The lowest BCUT2D eigenvalue weighted by atomic mass is 10.1. The van der Waals surface area contributed by atoms with Crippen LogP contribution in [-0.4, -0.2) is 17.9 Å². The lowest BCUT2D eigenvalue weighted by molar-refractivity contribution is -0.139. The van der Waals surface area contributed by atoms with E-state index < -0.39 is 11.8 Å². The van der Waals surface area contributed by atoms with E-state index in [4.69, 9.17) is 0 Å². The van der Waals surface area contributed by atoms with Crippen LogP contribution in [0.25, 0.3) is 0 Å². The van der Waals surface area contributed by atoms with Crippen molar-refractivity contribution in [1.82, 2.24) is 10.6 Å². The summed E-state index contributed by atoms with van der Waals surface area (Å²) in [6.07, 6.45) is 0.803. The lowest BCUT2D eigenvalue weighted by Gasteiger charge is -2.11. The Labute approximate surface area is 108 Å². The lowest BCUT2D eigenvalue weighted by Crippen LogP contribution is -2.43. The van der Waals surface area contributed by atoms with E-state index in [0.717, 1.165) is 12.0 Å². The molecule has 4 heteroatoms. The number of hydrogen-bond acceptors (Lipinski definition) is 2. The molecule has 0 radical (unpaired) electrons. The minimum Gasteiger partial charge on any atom is -0.345 e. The fourth-order valence-electron chi connectivity index (χ4n) is 1.36. The molecule has 1 aromatic rings. The molecule has 4 nitrogen and oxygen atoms in total. The van der Waals surface area contributed by atoms with Gasteiger partial charge in [-0.05, 0) is 25.8 Å². The standard InChI is InChI=1S/C14H20N2O2/c1-4-11(3)16-14(18)13(17)15-9-12-7-5-10(2)6-8-12/h5-8,11H,4,9H2,1-3H3,(H,15,17)(H,16,18)/t11-/m1/s1. The van der Waals surface area contributed by atoms with E-state index in [1.807, 2.05) is 45.0 Å². The van der Waals surface area contributed by atoms with Gasteiger partial charge in [0, 0.05) is 12.6 Å². The van der Waals surface area contributed by atoms with Gasteiger partial charge in [-0.3, -0.25) is 9.59 Å². The molecule has 1 aromatic carbocycles. The molecule has 0 aliphatic rings. The molecule has 2 amide bonds. The molecule has 0 spiro atoms. The third-order valence-electron chi connectivity index (χ3n) is 2.77. The van der Waals surface area contributed by atoms with Crippen molar-refractivity contribution < 1.29 is 9.59 Å². The van der Waals surface area contributed by atoms with Gasteiger partial charge in [0.15, 0.2) is 0 Å². The van der Waals surface area contributed by atoms with Gasteiger partial charge in [0.05, 0.1) is 0 Å². The number of carbonyl (C=O) groups excluding carboxylic acids is 2. The van der Waals surface area contributed by atoms with Crippen LogP contribution in [0.15, 0.2) is 24.3 Å². The summed E-state index contributed by atoms with van der Waals surface area (Å²) >= 11 is 0. The second-order valence-corrected chi connectivity index (χ2v) is 4.45. The molecule has 0 fully saturated rings. The summed E-state index contributed by atoms with van der Waals surface area (Å²) in [6.45, 7) is 6.19. The molecule has 0 aliphatic carbocycles. The number of benzene rings is 1. The van der Waals surface area contributed by atoms with Crippen LogP contribution in [-0.2, 0) is 16.1 Å². The minimum atomic E-state index is -0.587. The summed E-state index contributed by atoms with van der Waals surface area (Å²) in [5.74, 6) is -1.16. The molecule has 1 atom stereocenters. The van der Waals surface area contributed by atoms with Crippen LogP contribution in [0.3, 0.4) is 0 Å². The average molecular weight is 248 g/mol. The molecule has 0 saturated heterocycles. The summed E-state index contributed by atoms with van der Waals surface area (Å²) in [4.78, 5) is 23.0. The first-order valence-corrected chi connectivity index (χ1v) is 6.17. The number of nitrogens with one attached hydrogen (secondary N) is 2. The summed E-state index contributed by atoms with van der Waals surface area (Å²) in [5, 5.41) is 5.22. The van der Waals surface area contributed by atoms with Crippen molar-refractivity contribution in [3.05, 3.63) is 35.4 Å². The highest BCUT2D eigenvalue weighted by Gasteiger charge is 2.14. The van der Waals surface area contributed by atoms with E-state index in [-0.39, 0.29) is 6.04 Å². The van der Waals surface area contributed by atoms with Gasteiger partial charge >= 0.3 is 11.8 Å². The van der Waals surface area contributed by atoms with Crippen molar-refractivity contribution in [3.63, 3.8) is 0 Å². The highest BCUT2D eigenvalue weighted by Crippen LogP contribution is 2.02. The molecule has 0 heterocycles. The number of rotatable bonds is 4. The van der Waals surface area contributed by atoms with Crippen LogP contribution < -0.4 is 10.6 Å². The van der Waals surface area contributed by atoms with Gasteiger partial charge in [-0.1, -0.05) is 36.8 Å². The van der Waals surface area contributed by atoms with E-state index in [9.17, 15) is 9.59 Å². The average Bonchev–Trinajstić information content (AvgIpc) is 2.37. The maximum Gasteiger partial charge on any atom is 0.309 e. The van der Waals surface area contributed by atoms with Gasteiger partial charge in [0.2, 0.25) is 0 Å². The molecular formula is C14H20N2O2. The van der Waals surface area contributed by atoms with Crippen LogP contribution >= 0.6 is 0 Å². The zero-order chi connectivity index (χ0) is 13.5. The molecule has 0 aromatic heterocycles. The Morgan fingerprint density at radius 3 is 2.33 bits per heavy atom. The van der Waals surface area contributed by atoms with Gasteiger partial charge in [0.1, 0.15) is 0 Å². The Balaban J connectivity index is 2.41. The van der Waals surface area contributed by atoms with E-state index >= 15 is 0 Å². The fourth-order valence-corrected chi connectivity index (χ4v) is 1.36. The van der Waals surface area contributed by atoms with Crippen LogP contribution in [0.1, 0.15) is 31.4 Å². The Kier molecular flexibility index (Phi) is 5.36. The van der Waals surface area contributed by atoms with Crippen LogP contribution in [0.2, 0.25) is 0 Å². The molecule has 0 saturated carbocycles. The maximum atomic E-state index is 11.5. The second kappa shape index (κ2) is 6.79. The van der Waals surface area contributed by atoms with Crippen LogP contribution in [0.5, 0.6) is 0 Å². The molecule has 1 rings (SSSR count). The fraction of sp³-hybridized carbons (Fsp3) is 0.429. The number of hydrogen-bond donors (Lipinski definition) is 2. The van der Waals surface area contributed by atoms with Crippen molar-refractivity contribution in [3.8, 4) is 0 Å². The first kappa shape index (κ1) is 14.2. The third-order valence-corrected chi connectivity index (χ3v) is 2.77. The molecular weight excluding hydrogens is 228 g/mol. The zero-order valence-electron chi connectivity index (χ0n) is 11.1. The Morgan fingerprint density at radius 2 is 1.78 bits per heavy atom. The largest absolute Gasteiger partial charge is 0.345 e. The molecule has 0 unspecified atom stereocenters. The Morgan fingerprint density at radius 1 is 1.17 bits per heavy atom. The molecule has 0 bridgehead atoms. The minimum absolute atomic E-state index is 0.0163. The van der Waals surface area contributed by atoms with Crippen LogP contribution in [0.4, 0.5) is 0 Å². The van der Waals surface area contributed by atoms with Crippen molar-refractivity contribution >= 4 is 11.8 Å². The summed E-state index contributed by atoms with van der Waals surface area (Å²) in [6, 6.07) is 7.83. The third kappa shape index (κ3) is 4.57. The first-order valence-electron chi connectivity index (χ1n) is 6.17. The quantitative estimate of drug-likeness (QED) is 0.794. The topological polar surface area (TPSA) is 58.2 Å². The van der Waals surface area contributed by atoms with Crippen molar-refractivity contribution in [2.24, 2.45) is 0 Å². The van der Waals surface area contributed by atoms with E-state index in [1.165, 1.54) is 5.56 Å². The van der Waals surface area contributed by atoms with Gasteiger partial charge < -0.3 is 10.6 Å². The normalized spacial score (nSPS) is 11.7. The predicted molar refractivity (Wildman–Crippen MR) is 70.9 cm³/mol. The summed E-state index contributed by atoms with van der Waals surface area (Å²) < 4.78 is 0. The summed E-state index contributed by atoms with van der Waals surface area (Å²) in [7, 11) is 0. The molecule has 0 aliphatic heterocycles. The SMILES string of the molecule is CC[C@@H](C)NC(=O)C(=O)NCc1ccc(C)cc1. The van der Waals surface area contributed by atoms with E-state index in [2.05, 4.69) is 10.6 Å². The highest BCUT2D eigenvalue weighted by atomic mass is 16.2.